The van der Waals surface area contributed by atoms with E-state index in [2.05, 4.69) is 15.1 Å². The quantitative estimate of drug-likeness (QED) is 0.754. The molecule has 5 nitrogen and oxygen atoms in total. The highest BCUT2D eigenvalue weighted by Crippen LogP contribution is 2.21. The predicted octanol–water partition coefficient (Wildman–Crippen LogP) is 3.35. The van der Waals surface area contributed by atoms with Gasteiger partial charge in [-0.15, -0.1) is 11.3 Å². The molecule has 2 aromatic heterocycles. The van der Waals surface area contributed by atoms with Gasteiger partial charge in [-0.1, -0.05) is 0 Å². The number of halogens is 2. The summed E-state index contributed by atoms with van der Waals surface area (Å²) >= 11 is 1.54. The van der Waals surface area contributed by atoms with Crippen molar-refractivity contribution < 1.29 is 13.9 Å². The van der Waals surface area contributed by atoms with Crippen LogP contribution in [-0.4, -0.2) is 30.5 Å². The molecule has 0 spiro atoms. The lowest BCUT2D eigenvalue weighted by atomic mass is 10.1. The molecule has 0 saturated heterocycles. The predicted molar refractivity (Wildman–Crippen MR) is 91.3 cm³/mol. The van der Waals surface area contributed by atoms with Gasteiger partial charge in [0.2, 0.25) is 0 Å². The Morgan fingerprint density at radius 3 is 2.56 bits per heavy atom. The zero-order chi connectivity index (χ0) is 18.2. The maximum Gasteiger partial charge on any atom is 0.181 e. The summed E-state index contributed by atoms with van der Waals surface area (Å²) < 4.78 is 28.2. The second-order valence-corrected chi connectivity index (χ2v) is 7.55. The van der Waals surface area contributed by atoms with E-state index in [1.165, 1.54) is 6.07 Å². The number of aliphatic hydroxyl groups is 1. The third-order valence-corrected chi connectivity index (χ3v) is 4.29. The summed E-state index contributed by atoms with van der Waals surface area (Å²) in [5.74, 6) is -0.983. The Kier molecular flexibility index (Phi) is 4.66. The van der Waals surface area contributed by atoms with Crippen LogP contribution in [0.3, 0.4) is 0 Å². The standard InChI is InChI=1S/C17H18F2N4OS/c1-10-20-12(8-25-10)7-15-21-16(22-23(15)9-17(2,3)24)11-4-5-13(18)14(19)6-11/h4-6,8,24H,7,9H2,1-3H3. The van der Waals surface area contributed by atoms with Gasteiger partial charge >= 0.3 is 0 Å². The van der Waals surface area contributed by atoms with Crippen LogP contribution in [0.1, 0.15) is 30.4 Å². The topological polar surface area (TPSA) is 63.8 Å². The highest BCUT2D eigenvalue weighted by atomic mass is 32.1. The molecule has 1 N–H and O–H groups in total. The molecule has 2 heterocycles. The van der Waals surface area contributed by atoms with E-state index in [9.17, 15) is 13.9 Å². The number of aromatic nitrogens is 4. The Hall–Kier alpha value is -2.19. The molecule has 0 aliphatic carbocycles. The summed E-state index contributed by atoms with van der Waals surface area (Å²) in [5, 5.41) is 17.4. The number of nitrogens with zero attached hydrogens (tertiary/aromatic N) is 4. The normalized spacial score (nSPS) is 11.9. The van der Waals surface area contributed by atoms with Gasteiger partial charge in [0.05, 0.1) is 29.3 Å². The molecule has 0 atom stereocenters. The van der Waals surface area contributed by atoms with Crippen LogP contribution in [0.25, 0.3) is 11.4 Å². The monoisotopic (exact) mass is 364 g/mol. The molecule has 25 heavy (non-hydrogen) atoms. The number of rotatable bonds is 5. The lowest BCUT2D eigenvalue weighted by Crippen LogP contribution is -2.28. The largest absolute Gasteiger partial charge is 0.389 e. The number of hydrogen-bond acceptors (Lipinski definition) is 5. The SMILES string of the molecule is Cc1nc(Cc2nc(-c3ccc(F)c(F)c3)nn2CC(C)(C)O)cs1. The molecule has 0 saturated carbocycles. The van der Waals surface area contributed by atoms with Crippen molar-refractivity contribution in [2.24, 2.45) is 0 Å². The fourth-order valence-electron chi connectivity index (χ4n) is 2.41. The van der Waals surface area contributed by atoms with E-state index in [0.717, 1.165) is 22.8 Å². The second kappa shape index (κ2) is 6.61. The zero-order valence-electron chi connectivity index (χ0n) is 14.1. The van der Waals surface area contributed by atoms with Crippen LogP contribution in [-0.2, 0) is 13.0 Å². The Balaban J connectivity index is 1.99. The lowest BCUT2D eigenvalue weighted by molar-refractivity contribution is 0.0568. The second-order valence-electron chi connectivity index (χ2n) is 6.49. The Morgan fingerprint density at radius 2 is 1.96 bits per heavy atom. The van der Waals surface area contributed by atoms with Crippen molar-refractivity contribution in [2.45, 2.75) is 39.3 Å². The number of benzene rings is 1. The molecule has 132 valence electrons. The molecular formula is C17H18F2N4OS. The summed E-state index contributed by atoms with van der Waals surface area (Å²) in [6.07, 6.45) is 0.442. The van der Waals surface area contributed by atoms with Gasteiger partial charge in [-0.3, -0.25) is 0 Å². The van der Waals surface area contributed by atoms with Gasteiger partial charge in [0, 0.05) is 10.9 Å². The first-order valence-corrected chi connectivity index (χ1v) is 8.62. The lowest BCUT2D eigenvalue weighted by Gasteiger charge is -2.17. The van der Waals surface area contributed by atoms with Crippen molar-refractivity contribution in [2.75, 3.05) is 0 Å². The molecule has 0 fully saturated rings. The van der Waals surface area contributed by atoms with Crippen LogP contribution in [0, 0.1) is 18.6 Å². The minimum atomic E-state index is -0.994. The molecular weight excluding hydrogens is 346 g/mol. The molecule has 3 rings (SSSR count). The van der Waals surface area contributed by atoms with Crippen LogP contribution < -0.4 is 0 Å². The highest BCUT2D eigenvalue weighted by Gasteiger charge is 2.20. The van der Waals surface area contributed by atoms with Crippen LogP contribution in [0.5, 0.6) is 0 Å². The van der Waals surface area contributed by atoms with Crippen molar-refractivity contribution in [3.05, 3.63) is 51.7 Å². The molecule has 8 heteroatoms. The van der Waals surface area contributed by atoms with E-state index < -0.39 is 17.2 Å². The minimum Gasteiger partial charge on any atom is -0.389 e. The van der Waals surface area contributed by atoms with Crippen LogP contribution >= 0.6 is 11.3 Å². The third kappa shape index (κ3) is 4.26. The van der Waals surface area contributed by atoms with E-state index in [1.54, 1.807) is 29.9 Å². The zero-order valence-corrected chi connectivity index (χ0v) is 14.9. The Morgan fingerprint density at radius 1 is 1.20 bits per heavy atom. The molecule has 0 aliphatic rings. The van der Waals surface area contributed by atoms with Gasteiger partial charge in [0.15, 0.2) is 17.5 Å². The maximum absolute atomic E-state index is 13.5. The van der Waals surface area contributed by atoms with E-state index in [4.69, 9.17) is 0 Å². The summed E-state index contributed by atoms with van der Waals surface area (Å²) in [6.45, 7) is 5.48. The number of thiazole rings is 1. The average Bonchev–Trinajstić information content (AvgIpc) is 3.08. The first-order chi connectivity index (χ1) is 11.7. The molecule has 0 unspecified atom stereocenters. The molecule has 0 aliphatic heterocycles. The van der Waals surface area contributed by atoms with Crippen LogP contribution in [0.15, 0.2) is 23.6 Å². The fraction of sp³-hybridized carbons (Fsp3) is 0.353. The van der Waals surface area contributed by atoms with Gasteiger partial charge < -0.3 is 5.11 Å². The maximum atomic E-state index is 13.5. The third-order valence-electron chi connectivity index (χ3n) is 3.47. The molecule has 0 radical (unpaired) electrons. The van der Waals surface area contributed by atoms with Crippen LogP contribution in [0.2, 0.25) is 0 Å². The summed E-state index contributed by atoms with van der Waals surface area (Å²) in [5.41, 5.74) is 0.235. The fourth-order valence-corrected chi connectivity index (χ4v) is 3.02. The van der Waals surface area contributed by atoms with Crippen LogP contribution in [0.4, 0.5) is 8.78 Å². The average molecular weight is 364 g/mol. The van der Waals surface area contributed by atoms with Crippen molar-refractivity contribution in [3.63, 3.8) is 0 Å². The van der Waals surface area contributed by atoms with Gasteiger partial charge in [0.25, 0.3) is 0 Å². The molecule has 1 aromatic carbocycles. The Labute approximate surface area is 148 Å². The van der Waals surface area contributed by atoms with Gasteiger partial charge in [-0.2, -0.15) is 5.10 Å². The molecule has 0 amide bonds. The highest BCUT2D eigenvalue weighted by molar-refractivity contribution is 7.09. The number of hydrogen-bond donors (Lipinski definition) is 1. The summed E-state index contributed by atoms with van der Waals surface area (Å²) in [4.78, 5) is 8.87. The summed E-state index contributed by atoms with van der Waals surface area (Å²) in [6, 6.07) is 3.54. The smallest absolute Gasteiger partial charge is 0.181 e. The Bertz CT molecular complexity index is 898. The first-order valence-electron chi connectivity index (χ1n) is 7.74. The van der Waals surface area contributed by atoms with Gasteiger partial charge in [-0.25, -0.2) is 23.4 Å². The van der Waals surface area contributed by atoms with Crippen molar-refractivity contribution >= 4 is 11.3 Å². The summed E-state index contributed by atoms with van der Waals surface area (Å²) in [7, 11) is 0. The van der Waals surface area contributed by atoms with E-state index in [0.29, 0.717) is 17.8 Å². The van der Waals surface area contributed by atoms with E-state index >= 15 is 0 Å². The van der Waals surface area contributed by atoms with E-state index in [1.807, 2.05) is 12.3 Å². The van der Waals surface area contributed by atoms with Crippen molar-refractivity contribution in [3.8, 4) is 11.4 Å². The number of aryl methyl sites for hydroxylation is 1. The minimum absolute atomic E-state index is 0.224. The first kappa shape index (κ1) is 17.6. The van der Waals surface area contributed by atoms with E-state index in [-0.39, 0.29) is 12.4 Å². The molecule has 3 aromatic rings. The van der Waals surface area contributed by atoms with Crippen molar-refractivity contribution in [1.82, 2.24) is 19.7 Å². The van der Waals surface area contributed by atoms with Gasteiger partial charge in [-0.05, 0) is 39.0 Å². The van der Waals surface area contributed by atoms with Crippen molar-refractivity contribution in [1.29, 1.82) is 0 Å². The molecule has 0 bridgehead atoms. The van der Waals surface area contributed by atoms with Gasteiger partial charge in [0.1, 0.15) is 5.82 Å².